The lowest BCUT2D eigenvalue weighted by Crippen LogP contribution is -2.45. The zero-order valence-corrected chi connectivity index (χ0v) is 28.2. The van der Waals surface area contributed by atoms with Crippen LogP contribution in [0.25, 0.3) is 0 Å². The molecule has 0 spiro atoms. The summed E-state index contributed by atoms with van der Waals surface area (Å²) in [5.74, 6) is -2.27. The van der Waals surface area contributed by atoms with E-state index in [-0.39, 0.29) is 50.8 Å². The van der Waals surface area contributed by atoms with Crippen molar-refractivity contribution < 1.29 is 54.4 Å². The van der Waals surface area contributed by atoms with Crippen molar-refractivity contribution in [1.82, 2.24) is 0 Å². The quantitative estimate of drug-likeness (QED) is 0.0452. The lowest BCUT2D eigenvalue weighted by atomic mass is 10.0. The highest BCUT2D eigenvalue weighted by Crippen LogP contribution is 2.27. The lowest BCUT2D eigenvalue weighted by molar-refractivity contribution is -0.391. The number of unbranched alkanes of at least 4 members (excludes halogenated alkanes) is 6. The summed E-state index contributed by atoms with van der Waals surface area (Å²) in [4.78, 5) is 34.4. The lowest BCUT2D eigenvalue weighted by Gasteiger charge is -2.31. The predicted molar refractivity (Wildman–Crippen MR) is 175 cm³/mol. The van der Waals surface area contributed by atoms with E-state index in [1.54, 1.807) is 19.1 Å². The number of hydrogen-bond donors (Lipinski definition) is 0. The van der Waals surface area contributed by atoms with Gasteiger partial charge in [-0.1, -0.05) is 76.8 Å². The fourth-order valence-electron chi connectivity index (χ4n) is 2.77. The third-order valence-corrected chi connectivity index (χ3v) is 4.60. The first-order valence-corrected chi connectivity index (χ1v) is 14.9. The van der Waals surface area contributed by atoms with Crippen molar-refractivity contribution >= 4 is 11.9 Å². The van der Waals surface area contributed by atoms with Gasteiger partial charge >= 0.3 is 11.9 Å². The highest BCUT2D eigenvalue weighted by Gasteiger charge is 2.39. The average molecular weight is 653 g/mol. The molecule has 10 radical (unpaired) electrons. The molecule has 1 unspecified atom stereocenters. The van der Waals surface area contributed by atoms with E-state index in [0.717, 1.165) is 25.7 Å². The van der Waals surface area contributed by atoms with Crippen LogP contribution in [0.5, 0.6) is 5.75 Å². The SMILES string of the molecule is C=C(C)C(=O)OCC(CCCCCCCCC)(OOC(=O)C(=C)C)Oc1ccccc1.[CH2]C[O].[CH2]C[O].[CH2]C[O].[CH2]C[O].[CH2]C[O]. The molecule has 11 nitrogen and oxygen atoms in total. The molecule has 0 aliphatic heterocycles. The summed E-state index contributed by atoms with van der Waals surface area (Å²) in [5, 5.41) is 44.1. The van der Waals surface area contributed by atoms with E-state index < -0.39 is 17.7 Å². The van der Waals surface area contributed by atoms with Crippen LogP contribution in [0.1, 0.15) is 72.1 Å². The molecule has 46 heavy (non-hydrogen) atoms. The van der Waals surface area contributed by atoms with E-state index in [4.69, 9.17) is 44.8 Å². The second-order valence-electron chi connectivity index (χ2n) is 8.81. The monoisotopic (exact) mass is 652 g/mol. The van der Waals surface area contributed by atoms with Gasteiger partial charge in [0.25, 0.3) is 5.79 Å². The third-order valence-electron chi connectivity index (χ3n) is 4.60. The maximum absolute atomic E-state index is 12.0. The zero-order chi connectivity index (χ0) is 36.7. The first-order chi connectivity index (χ1) is 21.9. The minimum Gasteiger partial charge on any atom is -0.455 e. The molecule has 0 saturated heterocycles. The highest BCUT2D eigenvalue weighted by molar-refractivity contribution is 5.87. The van der Waals surface area contributed by atoms with Gasteiger partial charge in [-0.25, -0.2) is 35.1 Å². The van der Waals surface area contributed by atoms with Crippen molar-refractivity contribution in [2.75, 3.05) is 39.6 Å². The summed E-state index contributed by atoms with van der Waals surface area (Å²) < 4.78 is 11.4. The number of hydrogen-bond acceptors (Lipinski definition) is 6. The summed E-state index contributed by atoms with van der Waals surface area (Å²) in [6.07, 6.45) is 7.95. The molecule has 0 N–H and O–H groups in total. The van der Waals surface area contributed by atoms with Gasteiger partial charge in [0, 0.05) is 17.6 Å². The Morgan fingerprint density at radius 3 is 1.43 bits per heavy atom. The van der Waals surface area contributed by atoms with E-state index in [1.165, 1.54) is 26.2 Å². The zero-order valence-electron chi connectivity index (χ0n) is 28.2. The smallest absolute Gasteiger partial charge is 0.368 e. The van der Waals surface area contributed by atoms with E-state index in [1.807, 2.05) is 18.2 Å². The molecule has 0 aliphatic carbocycles. The Morgan fingerprint density at radius 2 is 1.04 bits per heavy atom. The van der Waals surface area contributed by atoms with E-state index >= 15 is 0 Å². The van der Waals surface area contributed by atoms with Crippen LogP contribution < -0.4 is 4.74 Å². The minimum atomic E-state index is -1.49. The molecule has 0 bridgehead atoms. The van der Waals surface area contributed by atoms with Crippen LogP contribution in [0.2, 0.25) is 0 Å². The number of para-hydroxylation sites is 1. The van der Waals surface area contributed by atoms with Crippen LogP contribution in [0, 0.1) is 34.6 Å². The maximum Gasteiger partial charge on any atom is 0.368 e. The standard InChI is InChI=1S/C25H36O6.5C2H4O/c1-6-7-8-9-10-11-15-18-25(19-28-23(26)20(2)3,31-30-24(27)21(4)5)29-22-16-13-12-14-17-22;5*1-2-3/h12-14,16-17H,2,4,6-11,15,18-19H2,1,3,5H3;5*1-2H2. The molecule has 0 aromatic heterocycles. The maximum atomic E-state index is 12.0. The molecule has 1 aromatic rings. The first-order valence-electron chi connectivity index (χ1n) is 14.9. The van der Waals surface area contributed by atoms with Crippen LogP contribution in [0.3, 0.4) is 0 Å². The molecule has 262 valence electrons. The molecule has 0 saturated carbocycles. The minimum absolute atomic E-state index is 0.184. The van der Waals surface area contributed by atoms with Crippen LogP contribution in [-0.2, 0) is 49.6 Å². The molecule has 1 aromatic carbocycles. The Bertz CT molecular complexity index is 757. The molecule has 0 amide bonds. The van der Waals surface area contributed by atoms with Crippen molar-refractivity contribution in [3.63, 3.8) is 0 Å². The van der Waals surface area contributed by atoms with Crippen LogP contribution >= 0.6 is 0 Å². The van der Waals surface area contributed by atoms with Gasteiger partial charge < -0.3 is 9.47 Å². The predicted octanol–water partition coefficient (Wildman–Crippen LogP) is 7.33. The molecule has 1 atom stereocenters. The molecule has 0 aliphatic rings. The molecule has 1 rings (SSSR count). The topological polar surface area (TPSA) is 171 Å². The summed E-state index contributed by atoms with van der Waals surface area (Å²) in [6.45, 7) is 25.6. The van der Waals surface area contributed by atoms with Gasteiger partial charge in [-0.2, -0.15) is 0 Å². The van der Waals surface area contributed by atoms with Gasteiger partial charge in [-0.05, 0) is 67.0 Å². The van der Waals surface area contributed by atoms with Crippen molar-refractivity contribution in [3.05, 3.63) is 89.3 Å². The van der Waals surface area contributed by atoms with Gasteiger partial charge in [0.1, 0.15) is 5.75 Å². The molecule has 11 heteroatoms. The second-order valence-corrected chi connectivity index (χ2v) is 8.81. The Labute approximate surface area is 278 Å². The number of esters is 1. The van der Waals surface area contributed by atoms with E-state index in [0.29, 0.717) is 12.2 Å². The summed E-state index contributed by atoms with van der Waals surface area (Å²) in [6, 6.07) is 8.99. The summed E-state index contributed by atoms with van der Waals surface area (Å²) >= 11 is 0. The average Bonchev–Trinajstić information content (AvgIpc) is 3.00. The summed E-state index contributed by atoms with van der Waals surface area (Å²) in [7, 11) is 0. The van der Waals surface area contributed by atoms with Gasteiger partial charge in [0.2, 0.25) is 0 Å². The van der Waals surface area contributed by atoms with E-state index in [9.17, 15) is 9.59 Å². The molecular weight excluding hydrogens is 596 g/mol. The van der Waals surface area contributed by atoms with Crippen LogP contribution in [0.15, 0.2) is 54.6 Å². The molecule has 0 fully saturated rings. The first kappa shape index (κ1) is 52.7. The fourth-order valence-corrected chi connectivity index (χ4v) is 2.77. The number of rotatable bonds is 16. The largest absolute Gasteiger partial charge is 0.455 e. The van der Waals surface area contributed by atoms with Crippen LogP contribution in [-0.4, -0.2) is 57.4 Å². The normalized spacial score (nSPS) is 10.4. The van der Waals surface area contributed by atoms with Crippen molar-refractivity contribution in [1.29, 1.82) is 0 Å². The Morgan fingerprint density at radius 1 is 0.652 bits per heavy atom. The number of benzene rings is 1. The third kappa shape index (κ3) is 41.2. The van der Waals surface area contributed by atoms with Gasteiger partial charge in [0.05, 0.1) is 33.0 Å². The van der Waals surface area contributed by atoms with Gasteiger partial charge in [-0.3, -0.25) is 4.89 Å². The number of carbonyl (C=O) groups excluding carboxylic acids is 2. The number of carbonyl (C=O) groups is 2. The molecular formula is C35H56O11. The van der Waals surface area contributed by atoms with Gasteiger partial charge in [0.15, 0.2) is 6.61 Å². The van der Waals surface area contributed by atoms with E-state index in [2.05, 4.69) is 54.7 Å². The fraction of sp³-hybridized carbons (Fsp3) is 0.514. The second kappa shape index (κ2) is 42.2. The Hall–Kier alpha value is -2.80. The highest BCUT2D eigenvalue weighted by atomic mass is 17.2. The van der Waals surface area contributed by atoms with Crippen molar-refractivity contribution in [3.8, 4) is 5.75 Å². The molecule has 0 heterocycles. The van der Waals surface area contributed by atoms with Crippen LogP contribution in [0.4, 0.5) is 0 Å². The Balaban J connectivity index is -0.000000314. The van der Waals surface area contributed by atoms with Crippen molar-refractivity contribution in [2.45, 2.75) is 77.9 Å². The summed E-state index contributed by atoms with van der Waals surface area (Å²) in [5.41, 5.74) is 0.437. The van der Waals surface area contributed by atoms with Gasteiger partial charge in [-0.15, -0.1) is 4.89 Å². The Kier molecular flexibility index (Phi) is 48.4. The van der Waals surface area contributed by atoms with Crippen molar-refractivity contribution in [2.24, 2.45) is 0 Å². The number of ether oxygens (including phenoxy) is 2.